The third-order valence-electron chi connectivity index (χ3n) is 5.85. The van der Waals surface area contributed by atoms with Gasteiger partial charge in [0.15, 0.2) is 0 Å². The first-order valence-corrected chi connectivity index (χ1v) is 11.5. The summed E-state index contributed by atoms with van der Waals surface area (Å²) >= 11 is 6.68. The molecule has 1 saturated heterocycles. The van der Waals surface area contributed by atoms with E-state index >= 15 is 0 Å². The maximum Gasteiger partial charge on any atom is 0.418 e. The van der Waals surface area contributed by atoms with Crippen LogP contribution in [0, 0.1) is 12.8 Å². The number of para-hydroxylation sites is 1. The first-order chi connectivity index (χ1) is 16.1. The van der Waals surface area contributed by atoms with E-state index in [2.05, 4.69) is 4.98 Å². The Kier molecular flexibility index (Phi) is 7.45. The summed E-state index contributed by atoms with van der Waals surface area (Å²) in [6.07, 6.45) is -4.91. The number of likely N-dealkylation sites (tertiary alicyclic amines) is 1. The molecule has 2 aromatic rings. The molecule has 11 heteroatoms. The lowest BCUT2D eigenvalue weighted by molar-refractivity contribution is -0.145. The molecule has 7 nitrogen and oxygen atoms in total. The molecule has 0 aliphatic carbocycles. The molecule has 3 rings (SSSR count). The number of methoxy groups -OCH3 is 1. The standard InChI is InChI=1S/C24H28ClF3N2O5/c1-12-20(31)18(14-7-6-8-15(19(14)29-12)24(26,27)28)16(25)9-13-10-17(21(32)34-5)30(11-13)22(33)35-23(2,3)4/h6-8,13,16-17,31H,9-11H2,1-5H3/t13-,16?,17+/m1/s1. The van der Waals surface area contributed by atoms with Crippen LogP contribution in [0.25, 0.3) is 10.9 Å². The van der Waals surface area contributed by atoms with Gasteiger partial charge in [-0.3, -0.25) is 4.90 Å². The van der Waals surface area contributed by atoms with Gasteiger partial charge in [-0.1, -0.05) is 12.1 Å². The normalized spacial score (nSPS) is 19.6. The smallest absolute Gasteiger partial charge is 0.418 e. The van der Waals surface area contributed by atoms with Crippen LogP contribution in [0.1, 0.15) is 55.8 Å². The van der Waals surface area contributed by atoms with Crippen molar-refractivity contribution in [1.29, 1.82) is 0 Å². The molecule has 1 amide bonds. The number of alkyl halides is 4. The Labute approximate surface area is 206 Å². The van der Waals surface area contributed by atoms with E-state index in [9.17, 15) is 27.9 Å². The summed E-state index contributed by atoms with van der Waals surface area (Å²) in [6, 6.07) is 2.71. The van der Waals surface area contributed by atoms with Crippen LogP contribution in [0.5, 0.6) is 5.75 Å². The van der Waals surface area contributed by atoms with Crippen LogP contribution >= 0.6 is 11.6 Å². The van der Waals surface area contributed by atoms with E-state index in [4.69, 9.17) is 21.1 Å². The Bertz CT molecular complexity index is 1130. The Balaban J connectivity index is 1.94. The number of aromatic nitrogens is 1. The molecule has 0 radical (unpaired) electrons. The average Bonchev–Trinajstić information content (AvgIpc) is 3.15. The molecule has 1 aliphatic rings. The van der Waals surface area contributed by atoms with Gasteiger partial charge in [0.05, 0.1) is 29.3 Å². The number of benzene rings is 1. The van der Waals surface area contributed by atoms with Crippen molar-refractivity contribution < 1.29 is 37.3 Å². The zero-order valence-electron chi connectivity index (χ0n) is 20.1. The summed E-state index contributed by atoms with van der Waals surface area (Å²) in [4.78, 5) is 30.3. The van der Waals surface area contributed by atoms with E-state index in [0.717, 1.165) is 6.07 Å². The summed E-state index contributed by atoms with van der Waals surface area (Å²) < 4.78 is 51.0. The monoisotopic (exact) mass is 516 g/mol. The van der Waals surface area contributed by atoms with E-state index in [1.807, 2.05) is 0 Å². The van der Waals surface area contributed by atoms with Gasteiger partial charge in [0, 0.05) is 17.5 Å². The Morgan fingerprint density at radius 2 is 1.94 bits per heavy atom. The predicted molar refractivity (Wildman–Crippen MR) is 123 cm³/mol. The second-order valence-electron chi connectivity index (χ2n) is 9.64. The van der Waals surface area contributed by atoms with Crippen molar-refractivity contribution in [1.82, 2.24) is 9.88 Å². The molecule has 1 fully saturated rings. The lowest BCUT2D eigenvalue weighted by Gasteiger charge is -2.27. The molecule has 1 aliphatic heterocycles. The zero-order chi connectivity index (χ0) is 26.3. The highest BCUT2D eigenvalue weighted by Gasteiger charge is 2.43. The Morgan fingerprint density at radius 3 is 2.51 bits per heavy atom. The molecular weight excluding hydrogens is 489 g/mol. The highest BCUT2D eigenvalue weighted by molar-refractivity contribution is 6.22. The molecule has 35 heavy (non-hydrogen) atoms. The molecule has 0 spiro atoms. The van der Waals surface area contributed by atoms with Crippen LogP contribution in [-0.2, 0) is 20.4 Å². The van der Waals surface area contributed by atoms with Crippen LogP contribution < -0.4 is 0 Å². The number of carbonyl (C=O) groups excluding carboxylic acids is 2. The van der Waals surface area contributed by atoms with Crippen LogP contribution in [0.15, 0.2) is 18.2 Å². The van der Waals surface area contributed by atoms with Crippen molar-refractivity contribution in [3.05, 3.63) is 35.0 Å². The second kappa shape index (κ2) is 9.72. The lowest BCUT2D eigenvalue weighted by Crippen LogP contribution is -2.43. The summed E-state index contributed by atoms with van der Waals surface area (Å²) in [5.41, 5.74) is -1.86. The van der Waals surface area contributed by atoms with E-state index in [0.29, 0.717) is 0 Å². The largest absolute Gasteiger partial charge is 0.506 e. The molecule has 0 bridgehead atoms. The summed E-state index contributed by atoms with van der Waals surface area (Å²) in [6.45, 7) is 6.65. The van der Waals surface area contributed by atoms with Crippen LogP contribution in [0.2, 0.25) is 0 Å². The maximum absolute atomic E-state index is 13.6. The van der Waals surface area contributed by atoms with Gasteiger partial charge in [-0.25, -0.2) is 14.6 Å². The van der Waals surface area contributed by atoms with E-state index in [1.165, 1.54) is 31.1 Å². The van der Waals surface area contributed by atoms with E-state index in [-0.39, 0.29) is 53.2 Å². The molecule has 0 saturated carbocycles. The van der Waals surface area contributed by atoms with Gasteiger partial charge in [-0.2, -0.15) is 13.2 Å². The molecule has 192 valence electrons. The van der Waals surface area contributed by atoms with E-state index < -0.39 is 40.8 Å². The van der Waals surface area contributed by atoms with Crippen molar-refractivity contribution in [3.8, 4) is 5.75 Å². The van der Waals surface area contributed by atoms with Crippen molar-refractivity contribution in [2.75, 3.05) is 13.7 Å². The number of nitrogens with zero attached hydrogens (tertiary/aromatic N) is 2. The third kappa shape index (κ3) is 5.74. The SMILES string of the molecule is COC(=O)[C@@H]1C[C@@H](CC(Cl)c2c(O)c(C)nc3c(C(F)(F)F)cccc23)CN1C(=O)OC(C)(C)C. The van der Waals surface area contributed by atoms with Gasteiger partial charge in [-0.05, 0) is 52.5 Å². The first kappa shape index (κ1) is 26.8. The first-order valence-electron chi connectivity index (χ1n) is 11.0. The fraction of sp³-hybridized carbons (Fsp3) is 0.542. The highest BCUT2D eigenvalue weighted by atomic mass is 35.5. The number of hydrogen-bond donors (Lipinski definition) is 1. The number of ether oxygens (including phenoxy) is 2. The van der Waals surface area contributed by atoms with Gasteiger partial charge >= 0.3 is 18.2 Å². The van der Waals surface area contributed by atoms with Crippen molar-refractivity contribution in [2.24, 2.45) is 5.92 Å². The number of aryl methyl sites for hydroxylation is 1. The Morgan fingerprint density at radius 1 is 1.29 bits per heavy atom. The second-order valence-corrected chi connectivity index (χ2v) is 10.2. The topological polar surface area (TPSA) is 89.0 Å². The summed E-state index contributed by atoms with van der Waals surface area (Å²) in [5.74, 6) is -1.20. The molecule has 1 aromatic heterocycles. The van der Waals surface area contributed by atoms with Gasteiger partial charge in [0.25, 0.3) is 0 Å². The molecule has 1 aromatic carbocycles. The maximum atomic E-state index is 13.6. The fourth-order valence-corrected chi connectivity index (χ4v) is 4.83. The van der Waals surface area contributed by atoms with Gasteiger partial charge < -0.3 is 14.6 Å². The number of hydrogen-bond acceptors (Lipinski definition) is 6. The van der Waals surface area contributed by atoms with Gasteiger partial charge in [0.1, 0.15) is 17.4 Å². The van der Waals surface area contributed by atoms with Crippen LogP contribution in [0.3, 0.4) is 0 Å². The van der Waals surface area contributed by atoms with E-state index in [1.54, 1.807) is 20.8 Å². The number of esters is 1. The number of halogens is 4. The average molecular weight is 517 g/mol. The molecule has 3 atom stereocenters. The number of carbonyl (C=O) groups is 2. The summed E-state index contributed by atoms with van der Waals surface area (Å²) in [5, 5.41) is 9.87. The van der Waals surface area contributed by atoms with Crippen LogP contribution in [-0.4, -0.2) is 52.4 Å². The fourth-order valence-electron chi connectivity index (χ4n) is 4.36. The number of aromatic hydroxyl groups is 1. The predicted octanol–water partition coefficient (Wildman–Crippen LogP) is 5.74. The number of amides is 1. The quantitative estimate of drug-likeness (QED) is 0.412. The van der Waals surface area contributed by atoms with Crippen molar-refractivity contribution in [2.45, 2.75) is 63.7 Å². The molecule has 1 unspecified atom stereocenters. The summed E-state index contributed by atoms with van der Waals surface area (Å²) in [7, 11) is 1.22. The minimum absolute atomic E-state index is 0.0177. The molecule has 1 N–H and O–H groups in total. The highest BCUT2D eigenvalue weighted by Crippen LogP contribution is 2.44. The third-order valence-corrected chi connectivity index (χ3v) is 6.25. The van der Waals surface area contributed by atoms with Crippen molar-refractivity contribution in [3.63, 3.8) is 0 Å². The van der Waals surface area contributed by atoms with Gasteiger partial charge in [-0.15, -0.1) is 11.6 Å². The number of rotatable bonds is 4. The molecular formula is C24H28ClF3N2O5. The lowest BCUT2D eigenvalue weighted by atomic mass is 9.93. The Hall–Kier alpha value is -2.75. The van der Waals surface area contributed by atoms with Gasteiger partial charge in [0.2, 0.25) is 0 Å². The number of fused-ring (bicyclic) bond motifs is 1. The minimum Gasteiger partial charge on any atom is -0.506 e. The zero-order valence-corrected chi connectivity index (χ0v) is 20.8. The van der Waals surface area contributed by atoms with Crippen LogP contribution in [0.4, 0.5) is 18.0 Å². The van der Waals surface area contributed by atoms with Crippen molar-refractivity contribution >= 4 is 34.6 Å². The molecule has 2 heterocycles. The minimum atomic E-state index is -4.64. The number of pyridine rings is 1.